The van der Waals surface area contributed by atoms with E-state index < -0.39 is 6.03 Å². The Bertz CT molecular complexity index is 1120. The lowest BCUT2D eigenvalue weighted by Gasteiger charge is -2.07. The van der Waals surface area contributed by atoms with E-state index in [9.17, 15) is 4.79 Å². The highest BCUT2D eigenvalue weighted by atomic mass is 16.2. The predicted molar refractivity (Wildman–Crippen MR) is 106 cm³/mol. The van der Waals surface area contributed by atoms with Crippen LogP contribution < -0.4 is 16.8 Å². The molecule has 8 heteroatoms. The molecular formula is C19H19N7O. The van der Waals surface area contributed by atoms with Gasteiger partial charge in [-0.15, -0.1) is 0 Å². The number of benzene rings is 1. The average Bonchev–Trinajstić information content (AvgIpc) is 3.01. The van der Waals surface area contributed by atoms with Crippen LogP contribution in [-0.4, -0.2) is 25.4 Å². The zero-order valence-corrected chi connectivity index (χ0v) is 13.6. The molecule has 0 aliphatic rings. The van der Waals surface area contributed by atoms with Gasteiger partial charge in [0.05, 0.1) is 17.1 Å². The summed E-state index contributed by atoms with van der Waals surface area (Å²) in [6.07, 6.45) is 3.51. The smallest absolute Gasteiger partial charge is 0.316 e. The van der Waals surface area contributed by atoms with Crippen LogP contribution in [0.1, 0.15) is 7.43 Å². The molecule has 0 aliphatic carbocycles. The van der Waals surface area contributed by atoms with Gasteiger partial charge in [0.1, 0.15) is 5.65 Å². The molecule has 1 aromatic carbocycles. The molecular weight excluding hydrogens is 342 g/mol. The van der Waals surface area contributed by atoms with Crippen LogP contribution in [0.25, 0.3) is 28.3 Å². The van der Waals surface area contributed by atoms with Crippen LogP contribution in [0, 0.1) is 0 Å². The Balaban J connectivity index is 0.00000210. The van der Waals surface area contributed by atoms with E-state index in [0.717, 1.165) is 16.9 Å². The number of rotatable bonds is 3. The molecule has 0 aliphatic heterocycles. The second-order valence-electron chi connectivity index (χ2n) is 5.61. The summed E-state index contributed by atoms with van der Waals surface area (Å²) in [5.74, 6) is 0.184. The van der Waals surface area contributed by atoms with Crippen LogP contribution >= 0.6 is 0 Å². The first-order valence-electron chi connectivity index (χ1n) is 7.85. The molecule has 0 spiro atoms. The standard InChI is InChI=1S/C18H15N7O.CH4/c19-17-21-8-7-13(23-17)16-15(24-14-6-1-2-9-25(14)16)11-4-3-5-12(10-11)22-18(20)26;/h1-10H,(H2,19,21,23)(H3,20,22,26);1H4. The number of imidazole rings is 1. The van der Waals surface area contributed by atoms with Crippen LogP contribution in [0.2, 0.25) is 0 Å². The highest BCUT2D eigenvalue weighted by molar-refractivity contribution is 5.89. The van der Waals surface area contributed by atoms with Gasteiger partial charge in [0.15, 0.2) is 0 Å². The Labute approximate surface area is 155 Å². The van der Waals surface area contributed by atoms with Gasteiger partial charge in [-0.3, -0.25) is 4.40 Å². The van der Waals surface area contributed by atoms with Gasteiger partial charge >= 0.3 is 6.03 Å². The summed E-state index contributed by atoms with van der Waals surface area (Å²) in [5.41, 5.74) is 15.3. The first kappa shape index (κ1) is 17.9. The summed E-state index contributed by atoms with van der Waals surface area (Å²) < 4.78 is 1.94. The molecule has 0 atom stereocenters. The van der Waals surface area contributed by atoms with Crippen LogP contribution in [0.5, 0.6) is 0 Å². The number of nitrogens with one attached hydrogen (secondary N) is 1. The number of amides is 2. The number of fused-ring (bicyclic) bond motifs is 1. The van der Waals surface area contributed by atoms with E-state index in [4.69, 9.17) is 16.5 Å². The third-order valence-electron chi connectivity index (χ3n) is 3.85. The Morgan fingerprint density at radius 2 is 1.93 bits per heavy atom. The molecule has 0 bridgehead atoms. The van der Waals surface area contributed by atoms with Gasteiger partial charge in [-0.1, -0.05) is 25.6 Å². The van der Waals surface area contributed by atoms with Crippen molar-refractivity contribution in [2.75, 3.05) is 11.1 Å². The highest BCUT2D eigenvalue weighted by Crippen LogP contribution is 2.32. The lowest BCUT2D eigenvalue weighted by atomic mass is 10.1. The monoisotopic (exact) mass is 361 g/mol. The number of aromatic nitrogens is 4. The molecule has 4 aromatic rings. The van der Waals surface area contributed by atoms with E-state index in [-0.39, 0.29) is 13.4 Å². The quantitative estimate of drug-likeness (QED) is 0.517. The van der Waals surface area contributed by atoms with Crippen molar-refractivity contribution in [2.45, 2.75) is 7.43 Å². The summed E-state index contributed by atoms with van der Waals surface area (Å²) in [6, 6.07) is 14.2. The Hall–Kier alpha value is -3.94. The topological polar surface area (TPSA) is 124 Å². The van der Waals surface area contributed by atoms with Crippen molar-refractivity contribution < 1.29 is 4.79 Å². The molecule has 0 radical (unpaired) electrons. The third kappa shape index (κ3) is 3.40. The molecule has 3 heterocycles. The van der Waals surface area contributed by atoms with E-state index in [1.165, 1.54) is 0 Å². The minimum absolute atomic E-state index is 0. The summed E-state index contributed by atoms with van der Waals surface area (Å²) in [6.45, 7) is 0. The Kier molecular flexibility index (Phi) is 4.71. The molecule has 5 N–H and O–H groups in total. The van der Waals surface area contributed by atoms with Gasteiger partial charge in [0.2, 0.25) is 5.95 Å². The number of hydrogen-bond donors (Lipinski definition) is 3. The largest absolute Gasteiger partial charge is 0.368 e. The third-order valence-corrected chi connectivity index (χ3v) is 3.85. The number of nitrogens with zero attached hydrogens (tertiary/aromatic N) is 4. The lowest BCUT2D eigenvalue weighted by molar-refractivity contribution is 0.259. The molecule has 136 valence electrons. The zero-order valence-electron chi connectivity index (χ0n) is 13.6. The fraction of sp³-hybridized carbons (Fsp3) is 0.0526. The van der Waals surface area contributed by atoms with E-state index in [0.29, 0.717) is 17.1 Å². The van der Waals surface area contributed by atoms with Gasteiger partial charge in [0.25, 0.3) is 0 Å². The number of anilines is 2. The molecule has 27 heavy (non-hydrogen) atoms. The van der Waals surface area contributed by atoms with Crippen molar-refractivity contribution >= 4 is 23.3 Å². The molecule has 8 nitrogen and oxygen atoms in total. The minimum atomic E-state index is -0.624. The summed E-state index contributed by atoms with van der Waals surface area (Å²) in [5, 5.41) is 2.58. The van der Waals surface area contributed by atoms with Crippen LogP contribution in [0.3, 0.4) is 0 Å². The molecule has 0 saturated heterocycles. The van der Waals surface area contributed by atoms with Crippen molar-refractivity contribution in [1.29, 1.82) is 0 Å². The first-order valence-corrected chi connectivity index (χ1v) is 7.85. The maximum atomic E-state index is 11.1. The Morgan fingerprint density at radius 3 is 2.70 bits per heavy atom. The van der Waals surface area contributed by atoms with Crippen LogP contribution in [0.15, 0.2) is 60.9 Å². The van der Waals surface area contributed by atoms with Crippen molar-refractivity contribution in [3.8, 4) is 22.6 Å². The number of hydrogen-bond acceptors (Lipinski definition) is 5. The van der Waals surface area contributed by atoms with Crippen LogP contribution in [0.4, 0.5) is 16.4 Å². The first-order chi connectivity index (χ1) is 12.6. The molecule has 0 saturated carbocycles. The Morgan fingerprint density at radius 1 is 1.07 bits per heavy atom. The predicted octanol–water partition coefficient (Wildman–Crippen LogP) is 3.17. The number of nitrogens with two attached hydrogens (primary N) is 2. The summed E-state index contributed by atoms with van der Waals surface area (Å²) in [4.78, 5) is 24.2. The SMILES string of the molecule is C.NC(=O)Nc1cccc(-c2nc3ccccn3c2-c2ccnc(N)n2)c1. The van der Waals surface area contributed by atoms with E-state index in [1.807, 2.05) is 40.9 Å². The summed E-state index contributed by atoms with van der Waals surface area (Å²) in [7, 11) is 0. The van der Waals surface area contributed by atoms with Gasteiger partial charge in [-0.05, 0) is 30.3 Å². The molecule has 0 fully saturated rings. The van der Waals surface area contributed by atoms with Crippen molar-refractivity contribution in [3.05, 3.63) is 60.9 Å². The van der Waals surface area contributed by atoms with Crippen LogP contribution in [-0.2, 0) is 0 Å². The molecule has 0 unspecified atom stereocenters. The fourth-order valence-electron chi connectivity index (χ4n) is 2.83. The second-order valence-corrected chi connectivity index (χ2v) is 5.61. The fourth-order valence-corrected chi connectivity index (χ4v) is 2.83. The minimum Gasteiger partial charge on any atom is -0.368 e. The molecule has 3 aromatic heterocycles. The van der Waals surface area contributed by atoms with Crippen molar-refractivity contribution in [2.24, 2.45) is 5.73 Å². The van der Waals surface area contributed by atoms with Gasteiger partial charge < -0.3 is 16.8 Å². The number of primary amides is 1. The van der Waals surface area contributed by atoms with E-state index in [1.54, 1.807) is 24.4 Å². The second kappa shape index (κ2) is 7.12. The van der Waals surface area contributed by atoms with E-state index >= 15 is 0 Å². The number of pyridine rings is 1. The molecule has 4 rings (SSSR count). The highest BCUT2D eigenvalue weighted by Gasteiger charge is 2.17. The lowest BCUT2D eigenvalue weighted by Crippen LogP contribution is -2.19. The van der Waals surface area contributed by atoms with Gasteiger partial charge in [0, 0.05) is 23.6 Å². The average molecular weight is 361 g/mol. The van der Waals surface area contributed by atoms with Gasteiger partial charge in [-0.25, -0.2) is 19.7 Å². The maximum Gasteiger partial charge on any atom is 0.316 e. The summed E-state index contributed by atoms with van der Waals surface area (Å²) >= 11 is 0. The van der Waals surface area contributed by atoms with Crippen molar-refractivity contribution in [3.63, 3.8) is 0 Å². The maximum absolute atomic E-state index is 11.1. The normalized spacial score (nSPS) is 10.4. The number of carbonyl (C=O) groups excluding carboxylic acids is 1. The number of urea groups is 1. The number of nitrogen functional groups attached to an aromatic ring is 1. The van der Waals surface area contributed by atoms with Gasteiger partial charge in [-0.2, -0.15) is 0 Å². The van der Waals surface area contributed by atoms with Crippen molar-refractivity contribution in [1.82, 2.24) is 19.4 Å². The zero-order chi connectivity index (χ0) is 18.1. The number of carbonyl (C=O) groups is 1. The van der Waals surface area contributed by atoms with E-state index in [2.05, 4.69) is 15.3 Å². The molecule has 2 amide bonds.